The Morgan fingerprint density at radius 1 is 1.31 bits per heavy atom. The van der Waals surface area contributed by atoms with E-state index in [1.165, 1.54) is 6.92 Å². The average Bonchev–Trinajstić information content (AvgIpc) is 2.26. The molecule has 0 aromatic rings. The summed E-state index contributed by atoms with van der Waals surface area (Å²) in [4.78, 5) is 35.2. The molecule has 1 unspecified atom stereocenters. The Hall–Kier alpha value is -1.33. The second-order valence-corrected chi connectivity index (χ2v) is 4.20. The van der Waals surface area contributed by atoms with Gasteiger partial charge in [0.25, 0.3) is 0 Å². The minimum Gasteiger partial charge on any atom is -0.394 e. The molecule has 88 valence electrons. The molecule has 0 saturated carbocycles. The number of likely N-dealkylation sites (tertiary alicyclic amines) is 1. The summed E-state index contributed by atoms with van der Waals surface area (Å²) >= 11 is 0. The minimum atomic E-state index is -0.214. The molecule has 1 rings (SSSR count). The predicted octanol–water partition coefficient (Wildman–Crippen LogP) is -0.105. The van der Waals surface area contributed by atoms with Gasteiger partial charge in [-0.25, -0.2) is 0 Å². The maximum atomic E-state index is 11.7. The Balaban J connectivity index is 2.43. The van der Waals surface area contributed by atoms with E-state index in [0.717, 1.165) is 12.8 Å². The summed E-state index contributed by atoms with van der Waals surface area (Å²) in [5, 5.41) is 2.47. The fourth-order valence-electron chi connectivity index (χ4n) is 1.85. The third-order valence-electron chi connectivity index (χ3n) is 2.84. The highest BCUT2D eigenvalue weighted by molar-refractivity contribution is 6.73. The van der Waals surface area contributed by atoms with Crippen molar-refractivity contribution in [2.45, 2.75) is 26.7 Å². The molecule has 0 bridgehead atoms. The molecule has 1 N–H and O–H groups in total. The van der Waals surface area contributed by atoms with E-state index >= 15 is 0 Å². The molecule has 1 aliphatic rings. The summed E-state index contributed by atoms with van der Waals surface area (Å²) in [5.74, 6) is -0.221. The summed E-state index contributed by atoms with van der Waals surface area (Å²) in [6.07, 6.45) is 1.72. The molecule has 1 saturated heterocycles. The fraction of sp³-hybridized carbons (Fsp3) is 0.700. The van der Waals surface area contributed by atoms with E-state index in [2.05, 4.69) is 5.23 Å². The number of piperidine rings is 1. The molecule has 0 aliphatic carbocycles. The highest BCUT2D eigenvalue weighted by Crippen LogP contribution is 2.17. The number of hydrogen-bond donors (Lipinski definition) is 1. The van der Waals surface area contributed by atoms with Gasteiger partial charge in [0.2, 0.25) is 5.91 Å². The van der Waals surface area contributed by atoms with Gasteiger partial charge in [0.05, 0.1) is 0 Å². The van der Waals surface area contributed by atoms with Gasteiger partial charge >= 0.3 is 7.41 Å². The van der Waals surface area contributed by atoms with Crippen LogP contribution in [0.3, 0.4) is 0 Å². The predicted molar refractivity (Wildman–Crippen MR) is 61.3 cm³/mol. The molecule has 0 aromatic heterocycles. The summed E-state index contributed by atoms with van der Waals surface area (Å²) in [6, 6.07) is 0. The molecular weight excluding hydrogens is 207 g/mol. The number of rotatable bonds is 3. The number of nitrogens with one attached hydrogen (secondary N) is 1. The van der Waals surface area contributed by atoms with Gasteiger partial charge in [-0.3, -0.25) is 14.4 Å². The van der Waals surface area contributed by atoms with Gasteiger partial charge in [-0.05, 0) is 19.8 Å². The van der Waals surface area contributed by atoms with Crippen molar-refractivity contribution in [3.8, 4) is 0 Å². The minimum absolute atomic E-state index is 0.0277. The molecule has 1 atom stereocenters. The monoisotopic (exact) mass is 224 g/mol. The van der Waals surface area contributed by atoms with E-state index in [-0.39, 0.29) is 30.8 Å². The maximum absolute atomic E-state index is 11.7. The summed E-state index contributed by atoms with van der Waals surface area (Å²) in [6.45, 7) is 4.12. The number of Topliss-reactive ketones (excluding diaryl/α,β-unsaturated/α-hetero) is 1. The van der Waals surface area contributed by atoms with E-state index < -0.39 is 0 Å². The van der Waals surface area contributed by atoms with Crippen molar-refractivity contribution in [1.82, 2.24) is 10.1 Å². The Labute approximate surface area is 95.8 Å². The normalized spacial score (nSPS) is 20.1. The van der Waals surface area contributed by atoms with Gasteiger partial charge < -0.3 is 10.1 Å². The number of carbonyl (C=O) groups excluding carboxylic acids is 3. The Morgan fingerprint density at radius 3 is 2.56 bits per heavy atom. The van der Waals surface area contributed by atoms with Crippen LogP contribution in [-0.2, 0) is 9.59 Å². The molecular formula is C10H17BN2O3. The van der Waals surface area contributed by atoms with Gasteiger partial charge in [0, 0.05) is 25.9 Å². The van der Waals surface area contributed by atoms with Gasteiger partial charge in [-0.1, -0.05) is 0 Å². The van der Waals surface area contributed by atoms with Crippen LogP contribution in [0.4, 0.5) is 4.79 Å². The zero-order valence-electron chi connectivity index (χ0n) is 9.78. The van der Waals surface area contributed by atoms with Crippen LogP contribution in [0.1, 0.15) is 26.7 Å². The smallest absolute Gasteiger partial charge is 0.343 e. The van der Waals surface area contributed by atoms with Crippen LogP contribution >= 0.6 is 0 Å². The number of carbonyl (C=O) groups is 3. The van der Waals surface area contributed by atoms with E-state index in [4.69, 9.17) is 0 Å². The lowest BCUT2D eigenvalue weighted by Crippen LogP contribution is -2.47. The zero-order valence-corrected chi connectivity index (χ0v) is 9.78. The molecule has 0 spiro atoms. The second kappa shape index (κ2) is 5.68. The third kappa shape index (κ3) is 3.68. The van der Waals surface area contributed by atoms with E-state index in [1.807, 2.05) is 0 Å². The molecule has 1 aliphatic heterocycles. The quantitative estimate of drug-likeness (QED) is 0.680. The van der Waals surface area contributed by atoms with E-state index in [1.54, 1.807) is 11.8 Å². The van der Waals surface area contributed by atoms with Crippen molar-refractivity contribution in [2.24, 2.45) is 5.92 Å². The molecule has 2 amide bonds. The van der Waals surface area contributed by atoms with Crippen molar-refractivity contribution in [3.63, 3.8) is 0 Å². The lowest BCUT2D eigenvalue weighted by Gasteiger charge is -2.31. The van der Waals surface area contributed by atoms with Gasteiger partial charge in [0.15, 0.2) is 5.81 Å². The SMILES string of the molecule is CC(=O)NBC(=O)N1CCCC(C(C)=O)C1. The highest BCUT2D eigenvalue weighted by atomic mass is 16.2. The number of ketones is 1. The van der Waals surface area contributed by atoms with Crippen LogP contribution in [-0.4, -0.2) is 42.9 Å². The maximum Gasteiger partial charge on any atom is 0.343 e. The molecule has 1 heterocycles. The van der Waals surface area contributed by atoms with Crippen LogP contribution in [0.5, 0.6) is 0 Å². The van der Waals surface area contributed by atoms with Crippen molar-refractivity contribution < 1.29 is 14.4 Å². The topological polar surface area (TPSA) is 66.5 Å². The molecule has 5 nitrogen and oxygen atoms in total. The van der Waals surface area contributed by atoms with E-state index in [0.29, 0.717) is 13.1 Å². The van der Waals surface area contributed by atoms with E-state index in [9.17, 15) is 14.4 Å². The first-order chi connectivity index (χ1) is 7.50. The van der Waals surface area contributed by atoms with Crippen molar-refractivity contribution in [3.05, 3.63) is 0 Å². The highest BCUT2D eigenvalue weighted by Gasteiger charge is 2.26. The van der Waals surface area contributed by atoms with Gasteiger partial charge in [0.1, 0.15) is 5.78 Å². The summed E-state index contributed by atoms with van der Waals surface area (Å²) in [7, 11) is 0.0277. The van der Waals surface area contributed by atoms with Crippen LogP contribution in [0, 0.1) is 5.92 Å². The first-order valence-electron chi connectivity index (χ1n) is 5.53. The lowest BCUT2D eigenvalue weighted by atomic mass is 9.88. The van der Waals surface area contributed by atoms with Gasteiger partial charge in [-0.15, -0.1) is 0 Å². The molecule has 1 fully saturated rings. The fourth-order valence-corrected chi connectivity index (χ4v) is 1.85. The first kappa shape index (κ1) is 12.7. The zero-order chi connectivity index (χ0) is 12.1. The third-order valence-corrected chi connectivity index (χ3v) is 2.84. The standard InChI is InChI=1S/C10H17BN2O3/c1-7(14)9-4-3-5-13(6-9)10(16)11-12-8(2)15/h9,11H,3-6H2,1-2H3,(H,12,15). The average molecular weight is 224 g/mol. The Bertz CT molecular complexity index is 306. The number of nitrogens with zero attached hydrogens (tertiary/aromatic N) is 1. The molecule has 6 heteroatoms. The number of hydrogen-bond acceptors (Lipinski definition) is 3. The molecule has 16 heavy (non-hydrogen) atoms. The summed E-state index contributed by atoms with van der Waals surface area (Å²) < 4.78 is 0. The first-order valence-corrected chi connectivity index (χ1v) is 5.53. The van der Waals surface area contributed by atoms with Crippen molar-refractivity contribution >= 4 is 24.9 Å². The van der Waals surface area contributed by atoms with Crippen LogP contribution in [0.2, 0.25) is 0 Å². The lowest BCUT2D eigenvalue weighted by molar-refractivity contribution is -0.122. The van der Waals surface area contributed by atoms with Crippen LogP contribution < -0.4 is 5.23 Å². The number of amides is 2. The second-order valence-electron chi connectivity index (χ2n) is 4.20. The summed E-state index contributed by atoms with van der Waals surface area (Å²) in [5.41, 5.74) is 0. The molecule has 0 radical (unpaired) electrons. The Morgan fingerprint density at radius 2 is 2.00 bits per heavy atom. The largest absolute Gasteiger partial charge is 0.394 e. The van der Waals surface area contributed by atoms with Gasteiger partial charge in [-0.2, -0.15) is 0 Å². The van der Waals surface area contributed by atoms with Crippen LogP contribution in [0.15, 0.2) is 0 Å². The van der Waals surface area contributed by atoms with Crippen LogP contribution in [0.25, 0.3) is 0 Å². The van der Waals surface area contributed by atoms with Crippen molar-refractivity contribution in [1.29, 1.82) is 0 Å². The van der Waals surface area contributed by atoms with Crippen molar-refractivity contribution in [2.75, 3.05) is 13.1 Å². The Kier molecular flexibility index (Phi) is 4.52. The molecule has 0 aromatic carbocycles.